The summed E-state index contributed by atoms with van der Waals surface area (Å²) in [5.41, 5.74) is 6.13. The molecule has 0 spiro atoms. The first-order valence-electron chi connectivity index (χ1n) is 10.8. The largest absolute Gasteiger partial charge is 0.432 e. The van der Waals surface area contributed by atoms with Crippen molar-refractivity contribution in [2.24, 2.45) is 0 Å². The summed E-state index contributed by atoms with van der Waals surface area (Å²) in [6, 6.07) is 34.7. The molecule has 0 N–H and O–H groups in total. The Balaban J connectivity index is 1.52. The third-order valence-electron chi connectivity index (χ3n) is 6.59. The van der Waals surface area contributed by atoms with Crippen LogP contribution < -0.4 is 4.74 Å². The van der Waals surface area contributed by atoms with Crippen LogP contribution in [0.15, 0.2) is 97.1 Å². The predicted molar refractivity (Wildman–Crippen MR) is 127 cm³/mol. The molecule has 2 aliphatic rings. The molecule has 0 saturated heterocycles. The number of nitrogens with zero attached hydrogens (tertiary/aromatic N) is 1. The topological polar surface area (TPSA) is 12.2 Å². The minimum Gasteiger partial charge on any atom is -0.432 e. The van der Waals surface area contributed by atoms with Gasteiger partial charge in [-0.1, -0.05) is 78.9 Å². The Labute approximate surface area is 180 Å². The zero-order valence-corrected chi connectivity index (χ0v) is 17.0. The second-order valence-electron chi connectivity index (χ2n) is 8.36. The van der Waals surface area contributed by atoms with Crippen LogP contribution in [-0.2, 0) is 6.42 Å². The van der Waals surface area contributed by atoms with Crippen LogP contribution in [0.25, 0.3) is 32.7 Å². The Morgan fingerprint density at radius 2 is 1.42 bits per heavy atom. The Morgan fingerprint density at radius 3 is 2.23 bits per heavy atom. The lowest BCUT2D eigenvalue weighted by Gasteiger charge is -2.22. The molecule has 1 atom stereocenters. The van der Waals surface area contributed by atoms with Crippen molar-refractivity contribution >= 4 is 33.4 Å². The molecule has 5 aromatic rings. The first kappa shape index (κ1) is 16.8. The molecule has 0 aliphatic carbocycles. The number of rotatable bonds is 1. The van der Waals surface area contributed by atoms with Gasteiger partial charge in [-0.15, -0.1) is 0 Å². The molecule has 2 heterocycles. The maximum atomic E-state index is 6.72. The summed E-state index contributed by atoms with van der Waals surface area (Å²) in [6.07, 6.45) is 3.16. The third-order valence-corrected chi connectivity index (χ3v) is 6.59. The second-order valence-corrected chi connectivity index (χ2v) is 8.36. The Kier molecular flexibility index (Phi) is 3.42. The van der Waals surface area contributed by atoms with Crippen LogP contribution in [0.4, 0.5) is 5.69 Å². The fourth-order valence-electron chi connectivity index (χ4n) is 5.20. The van der Waals surface area contributed by atoms with E-state index in [9.17, 15) is 0 Å². The van der Waals surface area contributed by atoms with Crippen molar-refractivity contribution in [2.75, 3.05) is 0 Å². The molecule has 0 aromatic heterocycles. The van der Waals surface area contributed by atoms with E-state index in [0.29, 0.717) is 0 Å². The number of hydrogen-bond donors (Lipinski definition) is 0. The Morgan fingerprint density at radius 1 is 0.710 bits per heavy atom. The molecule has 2 aliphatic heterocycles. The number of benzene rings is 5. The summed E-state index contributed by atoms with van der Waals surface area (Å²) in [6.45, 7) is 0. The summed E-state index contributed by atoms with van der Waals surface area (Å²) in [5.74, 6) is 0.984. The van der Waals surface area contributed by atoms with Gasteiger partial charge >= 0.3 is 6.23 Å². The molecule has 0 fully saturated rings. The standard InChI is InChI=1S/C29H20NO/c1-4-12-23-19(8-1)16-20-9-2-5-13-24(20)28(23)25-14-7-11-22-18-30-26-15-6-3-10-21(26)17-27(30)31-29(22)25/h1-16,18,27H,17H2/q+1. The molecular weight excluding hydrogens is 378 g/mol. The number of fused-ring (bicyclic) bond motifs is 6. The Hall–Kier alpha value is -3.91. The summed E-state index contributed by atoms with van der Waals surface area (Å²) in [5, 5.41) is 5.03. The van der Waals surface area contributed by atoms with Gasteiger partial charge < -0.3 is 4.74 Å². The minimum atomic E-state index is 0.00675. The Bertz CT molecular complexity index is 1490. The average molecular weight is 398 g/mol. The maximum Gasteiger partial charge on any atom is 0.306 e. The average Bonchev–Trinajstić information content (AvgIpc) is 3.18. The van der Waals surface area contributed by atoms with Crippen LogP contribution in [0, 0.1) is 0 Å². The molecule has 1 unspecified atom stereocenters. The van der Waals surface area contributed by atoms with Crippen LogP contribution in [0.3, 0.4) is 0 Å². The van der Waals surface area contributed by atoms with Crippen molar-refractivity contribution in [1.29, 1.82) is 0 Å². The highest BCUT2D eigenvalue weighted by atomic mass is 16.5. The van der Waals surface area contributed by atoms with Crippen molar-refractivity contribution in [2.45, 2.75) is 12.6 Å². The SMILES string of the molecule is C1=[N+]2c3ccccc3CC2Oc2c1cccc2-c1c2ccccc2cc2ccccc12. The molecule has 0 amide bonds. The van der Waals surface area contributed by atoms with Gasteiger partial charge in [0, 0.05) is 22.8 Å². The lowest BCUT2D eigenvalue weighted by molar-refractivity contribution is -0.515. The van der Waals surface area contributed by atoms with E-state index in [2.05, 4.69) is 108 Å². The van der Waals surface area contributed by atoms with Crippen molar-refractivity contribution in [3.63, 3.8) is 0 Å². The van der Waals surface area contributed by atoms with Gasteiger partial charge in [-0.25, -0.2) is 0 Å². The number of ether oxygens (including phenoxy) is 1. The fraction of sp³-hybridized carbons (Fsp3) is 0.0690. The van der Waals surface area contributed by atoms with Crippen molar-refractivity contribution < 1.29 is 9.31 Å². The van der Waals surface area contributed by atoms with Gasteiger partial charge in [0.25, 0.3) is 0 Å². The minimum absolute atomic E-state index is 0.00675. The zero-order valence-electron chi connectivity index (χ0n) is 17.0. The lowest BCUT2D eigenvalue weighted by atomic mass is 9.90. The van der Waals surface area contributed by atoms with Gasteiger partial charge in [-0.3, -0.25) is 0 Å². The van der Waals surface area contributed by atoms with Crippen molar-refractivity contribution in [3.8, 4) is 16.9 Å². The van der Waals surface area contributed by atoms with E-state index in [1.807, 2.05) is 0 Å². The number of hydrogen-bond acceptors (Lipinski definition) is 1. The summed E-state index contributed by atoms with van der Waals surface area (Å²) < 4.78 is 9.00. The highest BCUT2D eigenvalue weighted by Gasteiger charge is 2.39. The van der Waals surface area contributed by atoms with Crippen LogP contribution in [0.5, 0.6) is 5.75 Å². The molecule has 2 nitrogen and oxygen atoms in total. The van der Waals surface area contributed by atoms with Gasteiger partial charge in [-0.05, 0) is 33.7 Å². The lowest BCUT2D eigenvalue weighted by Crippen LogP contribution is -2.31. The molecule has 5 aromatic carbocycles. The van der Waals surface area contributed by atoms with E-state index >= 15 is 0 Å². The fourth-order valence-corrected chi connectivity index (χ4v) is 5.20. The van der Waals surface area contributed by atoms with Crippen LogP contribution in [-0.4, -0.2) is 17.0 Å². The highest BCUT2D eigenvalue weighted by Crippen LogP contribution is 2.44. The summed E-state index contributed by atoms with van der Waals surface area (Å²) in [7, 11) is 0. The molecule has 0 bridgehead atoms. The number of para-hydroxylation sites is 2. The molecular formula is C29H20NO+. The van der Waals surface area contributed by atoms with E-state index in [1.54, 1.807) is 0 Å². The zero-order chi connectivity index (χ0) is 20.4. The van der Waals surface area contributed by atoms with Crippen molar-refractivity contribution in [1.82, 2.24) is 0 Å². The van der Waals surface area contributed by atoms with Gasteiger partial charge in [0.05, 0.1) is 12.0 Å². The smallest absolute Gasteiger partial charge is 0.306 e. The first-order chi connectivity index (χ1) is 15.4. The third kappa shape index (κ3) is 2.42. The maximum absolute atomic E-state index is 6.72. The van der Waals surface area contributed by atoms with Crippen LogP contribution >= 0.6 is 0 Å². The second kappa shape index (κ2) is 6.29. The predicted octanol–water partition coefficient (Wildman–Crippen LogP) is 6.70. The molecule has 31 heavy (non-hydrogen) atoms. The molecule has 2 heteroatoms. The quantitative estimate of drug-likeness (QED) is 0.226. The van der Waals surface area contributed by atoms with Crippen molar-refractivity contribution in [3.05, 3.63) is 108 Å². The summed E-state index contributed by atoms with van der Waals surface area (Å²) in [4.78, 5) is 0. The van der Waals surface area contributed by atoms with Gasteiger partial charge in [0.1, 0.15) is 5.75 Å². The van der Waals surface area contributed by atoms with E-state index in [4.69, 9.17) is 4.74 Å². The monoisotopic (exact) mass is 398 g/mol. The molecule has 0 radical (unpaired) electrons. The highest BCUT2D eigenvalue weighted by molar-refractivity contribution is 6.14. The van der Waals surface area contributed by atoms with Crippen LogP contribution in [0.2, 0.25) is 0 Å². The normalized spacial score (nSPS) is 16.4. The van der Waals surface area contributed by atoms with Crippen LogP contribution in [0.1, 0.15) is 11.1 Å². The molecule has 7 rings (SSSR count). The van der Waals surface area contributed by atoms with E-state index in [-0.39, 0.29) is 6.23 Å². The van der Waals surface area contributed by atoms with Gasteiger partial charge in [0.15, 0.2) is 6.21 Å². The van der Waals surface area contributed by atoms with E-state index < -0.39 is 0 Å². The van der Waals surface area contributed by atoms with Gasteiger partial charge in [0.2, 0.25) is 5.69 Å². The van der Waals surface area contributed by atoms with E-state index in [0.717, 1.165) is 23.3 Å². The summed E-state index contributed by atoms with van der Waals surface area (Å²) >= 11 is 0. The van der Waals surface area contributed by atoms with Gasteiger partial charge in [-0.2, -0.15) is 4.58 Å². The first-order valence-corrected chi connectivity index (χ1v) is 10.8. The van der Waals surface area contributed by atoms with E-state index in [1.165, 1.54) is 38.4 Å². The molecule has 146 valence electrons. The molecule has 0 saturated carbocycles.